The smallest absolute Gasteiger partial charge is 0.251 e. The normalized spacial score (nSPS) is 15.2. The number of halogens is 1. The van der Waals surface area contributed by atoms with Crippen LogP contribution in [-0.4, -0.2) is 39.4 Å². The van der Waals surface area contributed by atoms with Crippen molar-refractivity contribution < 1.29 is 13.2 Å². The molecule has 0 atom stereocenters. The Hall–Kier alpha value is -1.93. The molecule has 2 N–H and O–H groups in total. The highest BCUT2D eigenvalue weighted by Gasteiger charge is 2.18. The van der Waals surface area contributed by atoms with Gasteiger partial charge in [0.1, 0.15) is 4.90 Å². The summed E-state index contributed by atoms with van der Waals surface area (Å²) in [5, 5.41) is 2.89. The average molecular weight is 436 g/mol. The second kappa shape index (κ2) is 9.71. The number of likely N-dealkylation sites (tertiary alicyclic amines) is 1. The SMILES string of the molecule is CNS(=O)(=O)c1cc(C(=O)NCc2ccc(CN3CCCCC3)cc2)ccc1Cl. The van der Waals surface area contributed by atoms with Gasteiger partial charge in [0.05, 0.1) is 5.02 Å². The monoisotopic (exact) mass is 435 g/mol. The Bertz CT molecular complexity index is 956. The molecule has 1 aliphatic rings. The van der Waals surface area contributed by atoms with Gasteiger partial charge in [-0.1, -0.05) is 42.3 Å². The van der Waals surface area contributed by atoms with Gasteiger partial charge < -0.3 is 5.32 Å². The Balaban J connectivity index is 1.60. The molecule has 0 aliphatic carbocycles. The lowest BCUT2D eigenvalue weighted by Gasteiger charge is -2.26. The number of sulfonamides is 1. The summed E-state index contributed by atoms with van der Waals surface area (Å²) in [6, 6.07) is 12.4. The van der Waals surface area contributed by atoms with E-state index in [1.165, 1.54) is 50.1 Å². The molecule has 0 spiro atoms. The first-order valence-electron chi connectivity index (χ1n) is 9.70. The molecule has 1 aliphatic heterocycles. The lowest BCUT2D eigenvalue weighted by molar-refractivity contribution is 0.0950. The summed E-state index contributed by atoms with van der Waals surface area (Å²) in [5.74, 6) is -0.355. The zero-order valence-electron chi connectivity index (χ0n) is 16.4. The van der Waals surface area contributed by atoms with Crippen LogP contribution in [0.25, 0.3) is 0 Å². The van der Waals surface area contributed by atoms with Gasteiger partial charge in [-0.05, 0) is 62.3 Å². The maximum atomic E-state index is 12.5. The summed E-state index contributed by atoms with van der Waals surface area (Å²) in [7, 11) is -2.44. The summed E-state index contributed by atoms with van der Waals surface area (Å²) < 4.78 is 26.2. The summed E-state index contributed by atoms with van der Waals surface area (Å²) in [6.07, 6.45) is 3.86. The van der Waals surface area contributed by atoms with Gasteiger partial charge in [-0.25, -0.2) is 13.1 Å². The van der Waals surface area contributed by atoms with Crippen molar-refractivity contribution in [2.24, 2.45) is 0 Å². The lowest BCUT2D eigenvalue weighted by atomic mass is 10.1. The average Bonchev–Trinajstić information content (AvgIpc) is 2.74. The molecule has 0 aromatic heterocycles. The molecule has 1 heterocycles. The van der Waals surface area contributed by atoms with E-state index >= 15 is 0 Å². The van der Waals surface area contributed by atoms with Crippen molar-refractivity contribution in [2.45, 2.75) is 37.2 Å². The second-order valence-corrected chi connectivity index (χ2v) is 9.45. The molecule has 3 rings (SSSR count). The molecule has 1 fully saturated rings. The Morgan fingerprint density at radius 1 is 1.03 bits per heavy atom. The van der Waals surface area contributed by atoms with Gasteiger partial charge in [0.15, 0.2) is 0 Å². The van der Waals surface area contributed by atoms with Crippen molar-refractivity contribution in [2.75, 3.05) is 20.1 Å². The lowest BCUT2D eigenvalue weighted by Crippen LogP contribution is -2.29. The fraction of sp³-hybridized carbons (Fsp3) is 0.381. The number of hydrogen-bond acceptors (Lipinski definition) is 4. The number of piperidine rings is 1. The predicted molar refractivity (Wildman–Crippen MR) is 114 cm³/mol. The number of nitrogens with one attached hydrogen (secondary N) is 2. The van der Waals surface area contributed by atoms with Crippen LogP contribution < -0.4 is 10.0 Å². The van der Waals surface area contributed by atoms with Crippen LogP contribution in [0.3, 0.4) is 0 Å². The predicted octanol–water partition coefficient (Wildman–Crippen LogP) is 3.16. The molecule has 2 aromatic carbocycles. The van der Waals surface area contributed by atoms with E-state index in [1.54, 1.807) is 0 Å². The highest BCUT2D eigenvalue weighted by molar-refractivity contribution is 7.89. The molecule has 0 saturated carbocycles. The van der Waals surface area contributed by atoms with E-state index in [0.717, 1.165) is 25.2 Å². The molecule has 2 aromatic rings. The van der Waals surface area contributed by atoms with Gasteiger partial charge in [0.25, 0.3) is 5.91 Å². The number of carbonyl (C=O) groups is 1. The van der Waals surface area contributed by atoms with Crippen LogP contribution in [-0.2, 0) is 23.1 Å². The Kier molecular flexibility index (Phi) is 7.29. The van der Waals surface area contributed by atoms with Crippen LogP contribution in [0, 0.1) is 0 Å². The van der Waals surface area contributed by atoms with Crippen LogP contribution in [0.5, 0.6) is 0 Å². The first kappa shape index (κ1) is 21.8. The number of amides is 1. The van der Waals surface area contributed by atoms with Crippen LogP contribution in [0.4, 0.5) is 0 Å². The molecule has 0 radical (unpaired) electrons. The van der Waals surface area contributed by atoms with E-state index in [1.807, 2.05) is 12.1 Å². The van der Waals surface area contributed by atoms with Crippen LogP contribution in [0.2, 0.25) is 5.02 Å². The molecule has 1 amide bonds. The van der Waals surface area contributed by atoms with E-state index in [-0.39, 0.29) is 21.4 Å². The van der Waals surface area contributed by atoms with Crippen LogP contribution >= 0.6 is 11.6 Å². The fourth-order valence-corrected chi connectivity index (χ4v) is 4.63. The summed E-state index contributed by atoms with van der Waals surface area (Å²) >= 11 is 5.97. The van der Waals surface area contributed by atoms with E-state index in [9.17, 15) is 13.2 Å². The zero-order chi connectivity index (χ0) is 20.9. The first-order valence-corrected chi connectivity index (χ1v) is 11.6. The summed E-state index contributed by atoms with van der Waals surface area (Å²) in [6.45, 7) is 3.63. The molecule has 1 saturated heterocycles. The van der Waals surface area contributed by atoms with Gasteiger partial charge >= 0.3 is 0 Å². The third kappa shape index (κ3) is 5.79. The Labute approximate surface area is 177 Å². The molecular weight excluding hydrogens is 410 g/mol. The van der Waals surface area contributed by atoms with Gasteiger partial charge in [0.2, 0.25) is 10.0 Å². The van der Waals surface area contributed by atoms with E-state index < -0.39 is 10.0 Å². The fourth-order valence-electron chi connectivity index (χ4n) is 3.38. The van der Waals surface area contributed by atoms with E-state index in [4.69, 9.17) is 11.6 Å². The number of benzene rings is 2. The maximum absolute atomic E-state index is 12.5. The zero-order valence-corrected chi connectivity index (χ0v) is 18.0. The Morgan fingerprint density at radius 3 is 2.34 bits per heavy atom. The minimum absolute atomic E-state index is 0.0696. The van der Waals surface area contributed by atoms with Crippen molar-refractivity contribution in [1.29, 1.82) is 0 Å². The highest BCUT2D eigenvalue weighted by Crippen LogP contribution is 2.22. The maximum Gasteiger partial charge on any atom is 0.251 e. The van der Waals surface area contributed by atoms with Crippen LogP contribution in [0.15, 0.2) is 47.4 Å². The molecule has 8 heteroatoms. The molecule has 0 unspecified atom stereocenters. The topological polar surface area (TPSA) is 78.5 Å². The largest absolute Gasteiger partial charge is 0.348 e. The van der Waals surface area contributed by atoms with Crippen molar-refractivity contribution in [3.05, 3.63) is 64.2 Å². The number of carbonyl (C=O) groups excluding carboxylic acids is 1. The number of hydrogen-bond donors (Lipinski definition) is 2. The van der Waals surface area contributed by atoms with Crippen molar-refractivity contribution in [1.82, 2.24) is 14.9 Å². The molecule has 6 nitrogen and oxygen atoms in total. The number of rotatable bonds is 7. The van der Waals surface area contributed by atoms with E-state index in [0.29, 0.717) is 6.54 Å². The van der Waals surface area contributed by atoms with Gasteiger partial charge in [-0.15, -0.1) is 0 Å². The molecule has 156 valence electrons. The highest BCUT2D eigenvalue weighted by atomic mass is 35.5. The standard InChI is InChI=1S/C21H26ClN3O3S/c1-23-29(27,28)20-13-18(9-10-19(20)22)21(26)24-14-16-5-7-17(8-6-16)15-25-11-3-2-4-12-25/h5-10,13,23H,2-4,11-12,14-15H2,1H3,(H,24,26). The van der Waals surface area contributed by atoms with Gasteiger partial charge in [-0.3, -0.25) is 9.69 Å². The van der Waals surface area contributed by atoms with Crippen molar-refractivity contribution in [3.8, 4) is 0 Å². The van der Waals surface area contributed by atoms with Crippen molar-refractivity contribution in [3.63, 3.8) is 0 Å². The minimum atomic E-state index is -3.74. The third-order valence-corrected chi connectivity index (χ3v) is 6.98. The van der Waals surface area contributed by atoms with Crippen LogP contribution in [0.1, 0.15) is 40.7 Å². The molecule has 29 heavy (non-hydrogen) atoms. The first-order chi connectivity index (χ1) is 13.9. The Morgan fingerprint density at radius 2 is 1.69 bits per heavy atom. The van der Waals surface area contributed by atoms with Gasteiger partial charge in [-0.2, -0.15) is 0 Å². The summed E-state index contributed by atoms with van der Waals surface area (Å²) in [4.78, 5) is 14.8. The minimum Gasteiger partial charge on any atom is -0.348 e. The van der Waals surface area contributed by atoms with E-state index in [2.05, 4.69) is 27.1 Å². The quantitative estimate of drug-likeness (QED) is 0.700. The molecular formula is C21H26ClN3O3S. The van der Waals surface area contributed by atoms with Gasteiger partial charge in [0, 0.05) is 18.7 Å². The van der Waals surface area contributed by atoms with Crippen molar-refractivity contribution >= 4 is 27.5 Å². The second-order valence-electron chi connectivity index (χ2n) is 7.19. The molecule has 0 bridgehead atoms. The third-order valence-electron chi connectivity index (χ3n) is 5.08. The number of nitrogens with zero attached hydrogens (tertiary/aromatic N) is 1. The summed E-state index contributed by atoms with van der Waals surface area (Å²) in [5.41, 5.74) is 2.49.